The van der Waals surface area contributed by atoms with Crippen molar-refractivity contribution in [2.45, 2.75) is 6.04 Å². The third-order valence-electron chi connectivity index (χ3n) is 1.56. The third kappa shape index (κ3) is 3.02. The Balaban J connectivity index is 2.46. The van der Waals surface area contributed by atoms with Crippen LogP contribution in [0.4, 0.5) is 4.39 Å². The largest absolute Gasteiger partial charge is 0.491 e. The van der Waals surface area contributed by atoms with Gasteiger partial charge in [0.15, 0.2) is 0 Å². The van der Waals surface area contributed by atoms with Gasteiger partial charge in [-0.25, -0.2) is 4.39 Å². The minimum absolute atomic E-state index is 0.138. The Morgan fingerprint density at radius 1 is 1.50 bits per heavy atom. The molecule has 1 atom stereocenters. The molecule has 14 heavy (non-hydrogen) atoms. The highest BCUT2D eigenvalue weighted by molar-refractivity contribution is 5.73. The molecule has 3 N–H and O–H groups in total. The maximum absolute atomic E-state index is 12.4. The molecule has 0 radical (unpaired) electrons. The fourth-order valence-corrected chi connectivity index (χ4v) is 0.788. The number of carboxylic acids is 1. The minimum atomic E-state index is -1.13. The molecule has 0 saturated carbocycles. The molecule has 1 aromatic rings. The van der Waals surface area contributed by atoms with E-state index in [4.69, 9.17) is 15.6 Å². The molecule has 0 bridgehead atoms. The zero-order chi connectivity index (χ0) is 10.6. The molecule has 4 nitrogen and oxygen atoms in total. The predicted molar refractivity (Wildman–Crippen MR) is 47.5 cm³/mol. The van der Waals surface area contributed by atoms with E-state index in [2.05, 4.69) is 0 Å². The summed E-state index contributed by atoms with van der Waals surface area (Å²) >= 11 is 0. The van der Waals surface area contributed by atoms with E-state index in [-0.39, 0.29) is 12.4 Å². The van der Waals surface area contributed by atoms with Crippen LogP contribution in [0, 0.1) is 5.82 Å². The minimum Gasteiger partial charge on any atom is -0.491 e. The highest BCUT2D eigenvalue weighted by Gasteiger charge is 2.11. The summed E-state index contributed by atoms with van der Waals surface area (Å²) in [7, 11) is 0. The van der Waals surface area contributed by atoms with E-state index >= 15 is 0 Å². The van der Waals surface area contributed by atoms with Crippen LogP contribution < -0.4 is 10.5 Å². The van der Waals surface area contributed by atoms with Crippen LogP contribution in [-0.4, -0.2) is 23.7 Å². The van der Waals surface area contributed by atoms with Crippen molar-refractivity contribution in [3.05, 3.63) is 30.1 Å². The topological polar surface area (TPSA) is 72.5 Å². The normalized spacial score (nSPS) is 12.1. The first-order chi connectivity index (χ1) is 6.59. The van der Waals surface area contributed by atoms with Gasteiger partial charge in [-0.3, -0.25) is 4.79 Å². The van der Waals surface area contributed by atoms with Crippen LogP contribution in [0.25, 0.3) is 0 Å². The number of nitrogens with two attached hydrogens (primary N) is 1. The van der Waals surface area contributed by atoms with Crippen molar-refractivity contribution >= 4 is 5.97 Å². The fraction of sp³-hybridized carbons (Fsp3) is 0.222. The van der Waals surface area contributed by atoms with Gasteiger partial charge in [0.25, 0.3) is 0 Å². The van der Waals surface area contributed by atoms with Crippen molar-refractivity contribution in [2.75, 3.05) is 6.61 Å². The summed E-state index contributed by atoms with van der Waals surface area (Å²) in [5.74, 6) is -1.12. The molecule has 5 heteroatoms. The van der Waals surface area contributed by atoms with E-state index in [1.54, 1.807) is 0 Å². The SMILES string of the molecule is N[C@H](COc1ccc(F)cc1)C(=O)O. The van der Waals surface area contributed by atoms with Gasteiger partial charge in [-0.05, 0) is 24.3 Å². The average molecular weight is 199 g/mol. The number of aliphatic carboxylic acids is 1. The van der Waals surface area contributed by atoms with Gasteiger partial charge in [0.2, 0.25) is 0 Å². The van der Waals surface area contributed by atoms with Crippen molar-refractivity contribution in [3.8, 4) is 5.75 Å². The number of hydrogen-bond donors (Lipinski definition) is 2. The molecule has 76 valence electrons. The van der Waals surface area contributed by atoms with Crippen LogP contribution in [-0.2, 0) is 4.79 Å². The quantitative estimate of drug-likeness (QED) is 0.745. The number of benzene rings is 1. The molecule has 1 aromatic carbocycles. The molecule has 0 fully saturated rings. The van der Waals surface area contributed by atoms with Crippen LogP contribution in [0.1, 0.15) is 0 Å². The molecule has 0 amide bonds. The Hall–Kier alpha value is -1.62. The lowest BCUT2D eigenvalue weighted by Gasteiger charge is -2.08. The smallest absolute Gasteiger partial charge is 0.324 e. The van der Waals surface area contributed by atoms with Gasteiger partial charge in [-0.15, -0.1) is 0 Å². The van der Waals surface area contributed by atoms with Gasteiger partial charge in [0, 0.05) is 0 Å². The molecule has 1 rings (SSSR count). The molecule has 0 saturated heterocycles. The summed E-state index contributed by atoms with van der Waals surface area (Å²) in [6.07, 6.45) is 0. The summed E-state index contributed by atoms with van der Waals surface area (Å²) in [6.45, 7) is -0.138. The first kappa shape index (κ1) is 10.5. The third-order valence-corrected chi connectivity index (χ3v) is 1.56. The second-order valence-corrected chi connectivity index (χ2v) is 2.71. The van der Waals surface area contributed by atoms with E-state index in [0.29, 0.717) is 5.75 Å². The van der Waals surface area contributed by atoms with E-state index in [0.717, 1.165) is 0 Å². The maximum Gasteiger partial charge on any atom is 0.324 e. The maximum atomic E-state index is 12.4. The Labute approximate surface area is 80.1 Å². The van der Waals surface area contributed by atoms with Gasteiger partial charge in [-0.1, -0.05) is 0 Å². The number of rotatable bonds is 4. The number of halogens is 1. The van der Waals surface area contributed by atoms with Crippen LogP contribution in [0.3, 0.4) is 0 Å². The molecule has 0 heterocycles. The van der Waals surface area contributed by atoms with Crippen molar-refractivity contribution in [1.29, 1.82) is 0 Å². The molecule has 0 aliphatic rings. The first-order valence-electron chi connectivity index (χ1n) is 3.96. The van der Waals surface area contributed by atoms with Gasteiger partial charge >= 0.3 is 5.97 Å². The molecule has 0 unspecified atom stereocenters. The van der Waals surface area contributed by atoms with Crippen molar-refractivity contribution < 1.29 is 19.0 Å². The Morgan fingerprint density at radius 3 is 2.57 bits per heavy atom. The molecular weight excluding hydrogens is 189 g/mol. The second kappa shape index (κ2) is 4.57. The number of carbonyl (C=O) groups is 1. The molecule has 0 aliphatic heterocycles. The van der Waals surface area contributed by atoms with Crippen molar-refractivity contribution in [2.24, 2.45) is 5.73 Å². The van der Waals surface area contributed by atoms with E-state index in [1.807, 2.05) is 0 Å². The van der Waals surface area contributed by atoms with Crippen LogP contribution in [0.2, 0.25) is 0 Å². The highest BCUT2D eigenvalue weighted by Crippen LogP contribution is 2.10. The highest BCUT2D eigenvalue weighted by atomic mass is 19.1. The lowest BCUT2D eigenvalue weighted by Crippen LogP contribution is -2.36. The average Bonchev–Trinajstić information content (AvgIpc) is 2.16. The van der Waals surface area contributed by atoms with Crippen molar-refractivity contribution in [3.63, 3.8) is 0 Å². The number of hydrogen-bond acceptors (Lipinski definition) is 3. The lowest BCUT2D eigenvalue weighted by molar-refractivity contribution is -0.139. The summed E-state index contributed by atoms with van der Waals surface area (Å²) in [6, 6.07) is 4.19. The van der Waals surface area contributed by atoms with Gasteiger partial charge in [0.1, 0.15) is 24.2 Å². The second-order valence-electron chi connectivity index (χ2n) is 2.71. The number of ether oxygens (including phenoxy) is 1. The predicted octanol–water partition coefficient (Wildman–Crippen LogP) is 0.616. The van der Waals surface area contributed by atoms with E-state index < -0.39 is 12.0 Å². The van der Waals surface area contributed by atoms with E-state index in [1.165, 1.54) is 24.3 Å². The van der Waals surface area contributed by atoms with Crippen LogP contribution >= 0.6 is 0 Å². The summed E-state index contributed by atoms with van der Waals surface area (Å²) in [5.41, 5.74) is 5.20. The van der Waals surface area contributed by atoms with Crippen LogP contribution in [0.15, 0.2) is 24.3 Å². The molecular formula is C9H10FNO3. The monoisotopic (exact) mass is 199 g/mol. The van der Waals surface area contributed by atoms with Gasteiger partial charge in [0.05, 0.1) is 0 Å². The zero-order valence-corrected chi connectivity index (χ0v) is 7.31. The molecule has 0 spiro atoms. The zero-order valence-electron chi connectivity index (χ0n) is 7.31. The fourth-order valence-electron chi connectivity index (χ4n) is 0.788. The van der Waals surface area contributed by atoms with Gasteiger partial charge in [-0.2, -0.15) is 0 Å². The molecule has 0 aromatic heterocycles. The molecule has 0 aliphatic carbocycles. The summed E-state index contributed by atoms with van der Waals surface area (Å²) in [4.78, 5) is 10.3. The lowest BCUT2D eigenvalue weighted by atomic mass is 10.3. The van der Waals surface area contributed by atoms with Crippen LogP contribution in [0.5, 0.6) is 5.75 Å². The first-order valence-corrected chi connectivity index (χ1v) is 3.96. The Morgan fingerprint density at radius 2 is 2.07 bits per heavy atom. The standard InChI is InChI=1S/C9H10FNO3/c10-6-1-3-7(4-2-6)14-5-8(11)9(12)13/h1-4,8H,5,11H2,(H,12,13)/t8-/m1/s1. The summed E-state index contributed by atoms with van der Waals surface area (Å²) in [5, 5.41) is 8.44. The van der Waals surface area contributed by atoms with Crippen molar-refractivity contribution in [1.82, 2.24) is 0 Å². The Bertz CT molecular complexity index is 312. The number of carboxylic acid groups (broad SMARTS) is 1. The van der Waals surface area contributed by atoms with E-state index in [9.17, 15) is 9.18 Å². The summed E-state index contributed by atoms with van der Waals surface area (Å²) < 4.78 is 17.5. The van der Waals surface area contributed by atoms with Gasteiger partial charge < -0.3 is 15.6 Å². The Kier molecular flexibility index (Phi) is 3.41.